The Morgan fingerprint density at radius 1 is 1.14 bits per heavy atom. The van der Waals surface area contributed by atoms with Gasteiger partial charge in [-0.15, -0.1) is 0 Å². The first-order valence-corrected chi connectivity index (χ1v) is 8.43. The minimum atomic E-state index is -3.18. The first kappa shape index (κ1) is 17.2. The minimum absolute atomic E-state index is 0.00482. The Kier molecular flexibility index (Phi) is 6.38. The van der Waals surface area contributed by atoms with Crippen LogP contribution in [0.25, 0.3) is 0 Å². The average molecular weight is 316 g/mol. The first-order valence-electron chi connectivity index (χ1n) is 6.53. The van der Waals surface area contributed by atoms with Crippen LogP contribution < -0.4 is 15.4 Å². The van der Waals surface area contributed by atoms with Crippen LogP contribution in [0.2, 0.25) is 0 Å². The molecule has 118 valence electrons. The van der Waals surface area contributed by atoms with Gasteiger partial charge in [0.1, 0.15) is 0 Å². The fourth-order valence-electron chi connectivity index (χ4n) is 1.70. The minimum Gasteiger partial charge on any atom is -0.385 e. The second-order valence-corrected chi connectivity index (χ2v) is 6.34. The van der Waals surface area contributed by atoms with Crippen molar-refractivity contribution in [3.8, 4) is 0 Å². The molecule has 1 aromatic rings. The molecule has 0 saturated carbocycles. The second-order valence-electron chi connectivity index (χ2n) is 4.50. The molecular formula is C12H20N4O4S. The van der Waals surface area contributed by atoms with Crippen LogP contribution in [0.3, 0.4) is 0 Å². The highest BCUT2D eigenvalue weighted by molar-refractivity contribution is 7.88. The number of nitro groups is 1. The number of benzene rings is 1. The fourth-order valence-corrected chi connectivity index (χ4v) is 2.22. The van der Waals surface area contributed by atoms with Crippen LogP contribution in [-0.2, 0) is 10.0 Å². The van der Waals surface area contributed by atoms with E-state index in [9.17, 15) is 18.5 Å². The van der Waals surface area contributed by atoms with Gasteiger partial charge in [0.15, 0.2) is 0 Å². The predicted octanol–water partition coefficient (Wildman–Crippen LogP) is 1.38. The molecule has 3 N–H and O–H groups in total. The van der Waals surface area contributed by atoms with Crippen LogP contribution in [0, 0.1) is 10.1 Å². The van der Waals surface area contributed by atoms with Crippen LogP contribution >= 0.6 is 0 Å². The maximum atomic E-state index is 10.9. The van der Waals surface area contributed by atoms with E-state index in [0.717, 1.165) is 6.26 Å². The molecule has 1 aromatic carbocycles. The Bertz CT molecular complexity index is 589. The van der Waals surface area contributed by atoms with Crippen LogP contribution in [0.1, 0.15) is 13.3 Å². The highest BCUT2D eigenvalue weighted by atomic mass is 32.2. The Balaban J connectivity index is 2.59. The monoisotopic (exact) mass is 316 g/mol. The van der Waals surface area contributed by atoms with Crippen LogP contribution in [0.5, 0.6) is 0 Å². The number of sulfonamides is 1. The van der Waals surface area contributed by atoms with Crippen molar-refractivity contribution >= 4 is 27.1 Å². The van der Waals surface area contributed by atoms with E-state index in [1.165, 1.54) is 12.1 Å². The summed E-state index contributed by atoms with van der Waals surface area (Å²) in [6, 6.07) is 4.70. The highest BCUT2D eigenvalue weighted by Crippen LogP contribution is 2.24. The highest BCUT2D eigenvalue weighted by Gasteiger charge is 2.09. The molecule has 9 heteroatoms. The Hall–Kier alpha value is -1.87. The molecule has 0 aliphatic carbocycles. The topological polar surface area (TPSA) is 113 Å². The lowest BCUT2D eigenvalue weighted by molar-refractivity contribution is -0.384. The molecule has 0 bridgehead atoms. The van der Waals surface area contributed by atoms with Gasteiger partial charge in [-0.2, -0.15) is 0 Å². The number of nitrogens with one attached hydrogen (secondary N) is 3. The van der Waals surface area contributed by atoms with E-state index in [4.69, 9.17) is 0 Å². The van der Waals surface area contributed by atoms with E-state index in [-0.39, 0.29) is 5.69 Å². The summed E-state index contributed by atoms with van der Waals surface area (Å²) >= 11 is 0. The summed E-state index contributed by atoms with van der Waals surface area (Å²) < 4.78 is 24.2. The van der Waals surface area contributed by atoms with Crippen molar-refractivity contribution in [3.05, 3.63) is 28.3 Å². The van der Waals surface area contributed by atoms with Crippen LogP contribution in [0.4, 0.5) is 17.1 Å². The van der Waals surface area contributed by atoms with Crippen molar-refractivity contribution in [2.75, 3.05) is 36.5 Å². The zero-order chi connectivity index (χ0) is 15.9. The molecule has 8 nitrogen and oxygen atoms in total. The SMILES string of the molecule is CCNc1cc(NCCCNS(C)(=O)=O)cc([N+](=O)[O-])c1. The van der Waals surface area contributed by atoms with Gasteiger partial charge >= 0.3 is 0 Å². The van der Waals surface area contributed by atoms with Crippen LogP contribution in [-0.4, -0.2) is 39.2 Å². The molecule has 0 aliphatic heterocycles. The lowest BCUT2D eigenvalue weighted by Crippen LogP contribution is -2.24. The van der Waals surface area contributed by atoms with Gasteiger partial charge in [-0.1, -0.05) is 0 Å². The largest absolute Gasteiger partial charge is 0.385 e. The molecule has 21 heavy (non-hydrogen) atoms. The van der Waals surface area contributed by atoms with E-state index in [1.54, 1.807) is 6.07 Å². The van der Waals surface area contributed by atoms with Crippen molar-refractivity contribution in [1.29, 1.82) is 0 Å². The molecule has 1 rings (SSSR count). The molecule has 0 aromatic heterocycles. The second kappa shape index (κ2) is 7.79. The zero-order valence-electron chi connectivity index (χ0n) is 12.0. The standard InChI is InChI=1S/C12H20N4O4S/c1-3-13-10-7-11(9-12(8-10)16(17)18)14-5-4-6-15-21(2,19)20/h7-9,13-15H,3-6H2,1-2H3. The smallest absolute Gasteiger partial charge is 0.273 e. The van der Waals surface area contributed by atoms with E-state index in [2.05, 4.69) is 15.4 Å². The van der Waals surface area contributed by atoms with Crippen molar-refractivity contribution in [2.45, 2.75) is 13.3 Å². The summed E-state index contributed by atoms with van der Waals surface area (Å²) in [5.41, 5.74) is 1.30. The molecule has 0 spiro atoms. The molecular weight excluding hydrogens is 296 g/mol. The normalized spacial score (nSPS) is 11.1. The summed E-state index contributed by atoms with van der Waals surface area (Å²) in [6.45, 7) is 3.40. The summed E-state index contributed by atoms with van der Waals surface area (Å²) in [6.07, 6.45) is 1.68. The number of nitro benzene ring substituents is 1. The number of hydrogen-bond donors (Lipinski definition) is 3. The number of hydrogen-bond acceptors (Lipinski definition) is 6. The number of anilines is 2. The molecule has 0 radical (unpaired) electrons. The first-order chi connectivity index (χ1) is 9.81. The number of non-ortho nitro benzene ring substituents is 1. The van der Waals surface area contributed by atoms with E-state index in [1.807, 2.05) is 6.92 Å². The molecule has 0 aliphatic rings. The molecule has 0 amide bonds. The molecule has 0 unspecified atom stereocenters. The van der Waals surface area contributed by atoms with Gasteiger partial charge in [-0.05, 0) is 19.4 Å². The maximum absolute atomic E-state index is 10.9. The summed E-state index contributed by atoms with van der Waals surface area (Å²) in [4.78, 5) is 10.4. The third-order valence-electron chi connectivity index (χ3n) is 2.56. The van der Waals surface area contributed by atoms with Gasteiger partial charge < -0.3 is 10.6 Å². The third-order valence-corrected chi connectivity index (χ3v) is 3.28. The van der Waals surface area contributed by atoms with Crippen molar-refractivity contribution < 1.29 is 13.3 Å². The lowest BCUT2D eigenvalue weighted by atomic mass is 10.2. The van der Waals surface area contributed by atoms with Crippen LogP contribution in [0.15, 0.2) is 18.2 Å². The summed E-state index contributed by atoms with van der Waals surface area (Å²) in [5.74, 6) is 0. The number of rotatable bonds is 9. The van der Waals surface area contributed by atoms with E-state index in [0.29, 0.717) is 37.4 Å². The van der Waals surface area contributed by atoms with E-state index >= 15 is 0 Å². The van der Waals surface area contributed by atoms with E-state index < -0.39 is 14.9 Å². The van der Waals surface area contributed by atoms with Crippen molar-refractivity contribution in [1.82, 2.24) is 4.72 Å². The van der Waals surface area contributed by atoms with Crippen molar-refractivity contribution in [3.63, 3.8) is 0 Å². The van der Waals surface area contributed by atoms with Gasteiger partial charge in [0.25, 0.3) is 5.69 Å². The Morgan fingerprint density at radius 2 is 1.76 bits per heavy atom. The van der Waals surface area contributed by atoms with Gasteiger partial charge in [-0.3, -0.25) is 10.1 Å². The molecule has 0 heterocycles. The fraction of sp³-hybridized carbons (Fsp3) is 0.500. The Labute approximate surface area is 124 Å². The molecule has 0 saturated heterocycles. The zero-order valence-corrected chi connectivity index (χ0v) is 12.9. The summed E-state index contributed by atoms with van der Waals surface area (Å²) in [7, 11) is -3.18. The van der Waals surface area contributed by atoms with Gasteiger partial charge in [0.05, 0.1) is 11.2 Å². The average Bonchev–Trinajstić information content (AvgIpc) is 2.37. The molecule has 0 atom stereocenters. The summed E-state index contributed by atoms with van der Waals surface area (Å²) in [5, 5.41) is 16.9. The van der Waals surface area contributed by atoms with Gasteiger partial charge in [0, 0.05) is 43.1 Å². The van der Waals surface area contributed by atoms with Crippen molar-refractivity contribution in [2.24, 2.45) is 0 Å². The lowest BCUT2D eigenvalue weighted by Gasteiger charge is -2.09. The Morgan fingerprint density at radius 3 is 2.29 bits per heavy atom. The molecule has 0 fully saturated rings. The van der Waals surface area contributed by atoms with Gasteiger partial charge in [0.2, 0.25) is 10.0 Å². The third kappa shape index (κ3) is 6.91. The maximum Gasteiger partial charge on any atom is 0.273 e. The number of nitrogens with zero attached hydrogens (tertiary/aromatic N) is 1. The predicted molar refractivity (Wildman–Crippen MR) is 83.2 cm³/mol. The quantitative estimate of drug-likeness (QED) is 0.360. The van der Waals surface area contributed by atoms with Gasteiger partial charge in [-0.25, -0.2) is 13.1 Å².